The molecule has 0 atom stereocenters. The van der Waals surface area contributed by atoms with E-state index in [1.165, 1.54) is 12.1 Å². The molecule has 1 amide bonds. The first-order chi connectivity index (χ1) is 16.1. The van der Waals surface area contributed by atoms with E-state index in [1.807, 2.05) is 42.5 Å². The summed E-state index contributed by atoms with van der Waals surface area (Å²) in [4.78, 5) is 12.8. The van der Waals surface area contributed by atoms with Gasteiger partial charge in [-0.25, -0.2) is 8.42 Å². The Morgan fingerprint density at radius 3 is 2.18 bits per heavy atom. The van der Waals surface area contributed by atoms with Gasteiger partial charge in [0.25, 0.3) is 10.0 Å². The summed E-state index contributed by atoms with van der Waals surface area (Å²) in [5.74, 6) is 0.319. The number of sulfonamides is 1. The number of hydrogen-bond donors (Lipinski definition) is 1. The summed E-state index contributed by atoms with van der Waals surface area (Å²) in [6, 6.07) is 30.4. The van der Waals surface area contributed by atoms with Gasteiger partial charge in [-0.05, 0) is 35.7 Å². The fourth-order valence-electron chi connectivity index (χ4n) is 3.49. The Hall–Kier alpha value is -3.84. The van der Waals surface area contributed by atoms with Crippen molar-refractivity contribution < 1.29 is 17.9 Å². The molecule has 0 radical (unpaired) electrons. The molecule has 0 heterocycles. The number of para-hydroxylation sites is 1. The highest BCUT2D eigenvalue weighted by Crippen LogP contribution is 2.25. The topological polar surface area (TPSA) is 75.7 Å². The van der Waals surface area contributed by atoms with Crippen LogP contribution in [0.25, 0.3) is 10.8 Å². The Bertz CT molecular complexity index is 1320. The number of amides is 1. The summed E-state index contributed by atoms with van der Waals surface area (Å²) in [7, 11) is -3.91. The first-order valence-electron chi connectivity index (χ1n) is 10.6. The van der Waals surface area contributed by atoms with Crippen LogP contribution in [0, 0.1) is 0 Å². The Morgan fingerprint density at radius 2 is 1.42 bits per heavy atom. The van der Waals surface area contributed by atoms with Crippen LogP contribution in [0.5, 0.6) is 5.75 Å². The van der Waals surface area contributed by atoms with E-state index in [1.54, 1.807) is 48.5 Å². The van der Waals surface area contributed by atoms with Crippen molar-refractivity contribution in [3.63, 3.8) is 0 Å². The minimum Gasteiger partial charge on any atom is -0.491 e. The number of hydrogen-bond acceptors (Lipinski definition) is 4. The van der Waals surface area contributed by atoms with Gasteiger partial charge in [0.2, 0.25) is 5.91 Å². The Labute approximate surface area is 193 Å². The van der Waals surface area contributed by atoms with Crippen molar-refractivity contribution in [3.8, 4) is 5.75 Å². The molecule has 0 saturated carbocycles. The number of fused-ring (bicyclic) bond motifs is 1. The van der Waals surface area contributed by atoms with Crippen molar-refractivity contribution >= 4 is 32.4 Å². The minimum atomic E-state index is -3.91. The number of carbonyl (C=O) groups excluding carboxylic acids is 1. The summed E-state index contributed by atoms with van der Waals surface area (Å²) < 4.78 is 33.4. The second-order valence-corrected chi connectivity index (χ2v) is 9.20. The Morgan fingerprint density at radius 1 is 0.788 bits per heavy atom. The van der Waals surface area contributed by atoms with E-state index in [-0.39, 0.29) is 24.6 Å². The van der Waals surface area contributed by atoms with Crippen LogP contribution in [0.2, 0.25) is 0 Å². The maximum Gasteiger partial charge on any atom is 0.264 e. The second-order valence-electron chi connectivity index (χ2n) is 7.34. The third kappa shape index (κ3) is 5.32. The van der Waals surface area contributed by atoms with Gasteiger partial charge < -0.3 is 10.1 Å². The quantitative estimate of drug-likeness (QED) is 0.379. The van der Waals surface area contributed by atoms with Crippen molar-refractivity contribution in [2.45, 2.75) is 4.90 Å². The number of carbonyl (C=O) groups is 1. The lowest BCUT2D eigenvalue weighted by Crippen LogP contribution is -2.41. The summed E-state index contributed by atoms with van der Waals surface area (Å²) in [6.07, 6.45) is 0. The number of rotatable bonds is 9. The molecule has 4 aromatic rings. The van der Waals surface area contributed by atoms with Crippen LogP contribution >= 0.6 is 0 Å². The van der Waals surface area contributed by atoms with Gasteiger partial charge in [0.05, 0.1) is 17.1 Å². The van der Waals surface area contributed by atoms with Crippen molar-refractivity contribution in [2.75, 3.05) is 24.0 Å². The number of nitrogens with one attached hydrogen (secondary N) is 1. The Kier molecular flexibility index (Phi) is 6.90. The minimum absolute atomic E-state index is 0.126. The third-order valence-corrected chi connectivity index (χ3v) is 6.88. The molecule has 33 heavy (non-hydrogen) atoms. The first-order valence-corrected chi connectivity index (χ1v) is 12.0. The van der Waals surface area contributed by atoms with Crippen LogP contribution < -0.4 is 14.4 Å². The van der Waals surface area contributed by atoms with Crippen molar-refractivity contribution in [3.05, 3.63) is 103 Å². The van der Waals surface area contributed by atoms with Gasteiger partial charge in [0, 0.05) is 5.39 Å². The number of nitrogens with zero attached hydrogens (tertiary/aromatic N) is 1. The van der Waals surface area contributed by atoms with Crippen molar-refractivity contribution in [1.82, 2.24) is 5.32 Å². The molecular weight excluding hydrogens is 436 g/mol. The van der Waals surface area contributed by atoms with Gasteiger partial charge in [0.15, 0.2) is 0 Å². The zero-order valence-electron chi connectivity index (χ0n) is 17.9. The lowest BCUT2D eigenvalue weighted by atomic mass is 10.1. The molecule has 1 N–H and O–H groups in total. The molecule has 168 valence electrons. The summed E-state index contributed by atoms with van der Waals surface area (Å²) in [5.41, 5.74) is 0.420. The van der Waals surface area contributed by atoms with Gasteiger partial charge in [-0.2, -0.15) is 0 Å². The van der Waals surface area contributed by atoms with E-state index in [4.69, 9.17) is 4.74 Å². The van der Waals surface area contributed by atoms with Gasteiger partial charge in [-0.1, -0.05) is 72.8 Å². The molecule has 7 heteroatoms. The molecule has 0 aromatic heterocycles. The standard InChI is InChI=1S/C26H24N2O4S/c29-26(27-18-19-32-25-17-9-11-21-10-7-8-16-24(21)25)20-28(22-12-3-1-4-13-22)33(30,31)23-14-5-2-6-15-23/h1-17H,18-20H2,(H,27,29). The molecular formula is C26H24N2O4S. The SMILES string of the molecule is O=C(CN(c1ccccc1)S(=O)(=O)c1ccccc1)NCCOc1cccc2ccccc12. The molecule has 0 aliphatic rings. The van der Waals surface area contributed by atoms with E-state index < -0.39 is 15.9 Å². The highest BCUT2D eigenvalue weighted by Gasteiger charge is 2.26. The molecule has 6 nitrogen and oxygen atoms in total. The highest BCUT2D eigenvalue weighted by atomic mass is 32.2. The zero-order chi connectivity index (χ0) is 23.1. The number of benzene rings is 4. The van der Waals surface area contributed by atoms with Crippen LogP contribution in [0.3, 0.4) is 0 Å². The van der Waals surface area contributed by atoms with Crippen molar-refractivity contribution in [2.24, 2.45) is 0 Å². The molecule has 0 bridgehead atoms. The predicted octanol–water partition coefficient (Wildman–Crippen LogP) is 4.23. The van der Waals surface area contributed by atoms with Gasteiger partial charge in [-0.3, -0.25) is 9.10 Å². The monoisotopic (exact) mass is 460 g/mol. The summed E-state index contributed by atoms with van der Waals surface area (Å²) >= 11 is 0. The fraction of sp³-hybridized carbons (Fsp3) is 0.115. The van der Waals surface area contributed by atoms with Crippen LogP contribution in [-0.4, -0.2) is 34.0 Å². The molecule has 0 aliphatic carbocycles. The summed E-state index contributed by atoms with van der Waals surface area (Å²) in [6.45, 7) is 0.169. The van der Waals surface area contributed by atoms with Crippen LogP contribution in [0.1, 0.15) is 0 Å². The molecule has 0 spiro atoms. The third-order valence-electron chi connectivity index (χ3n) is 5.09. The van der Waals surface area contributed by atoms with Crippen LogP contribution in [0.4, 0.5) is 5.69 Å². The first kappa shape index (κ1) is 22.4. The lowest BCUT2D eigenvalue weighted by Gasteiger charge is -2.24. The molecule has 0 aliphatic heterocycles. The van der Waals surface area contributed by atoms with Crippen LogP contribution in [-0.2, 0) is 14.8 Å². The van der Waals surface area contributed by atoms with Crippen molar-refractivity contribution in [1.29, 1.82) is 0 Å². The molecule has 0 saturated heterocycles. The fourth-order valence-corrected chi connectivity index (χ4v) is 4.93. The maximum absolute atomic E-state index is 13.2. The average molecular weight is 461 g/mol. The zero-order valence-corrected chi connectivity index (χ0v) is 18.7. The van der Waals surface area contributed by atoms with E-state index in [0.717, 1.165) is 20.8 Å². The maximum atomic E-state index is 13.2. The second kappa shape index (κ2) is 10.2. The smallest absolute Gasteiger partial charge is 0.264 e. The van der Waals surface area contributed by atoms with E-state index in [0.29, 0.717) is 5.69 Å². The number of anilines is 1. The van der Waals surface area contributed by atoms with E-state index >= 15 is 0 Å². The summed E-state index contributed by atoms with van der Waals surface area (Å²) in [5, 5.41) is 4.82. The lowest BCUT2D eigenvalue weighted by molar-refractivity contribution is -0.119. The molecule has 4 aromatic carbocycles. The Balaban J connectivity index is 1.41. The highest BCUT2D eigenvalue weighted by molar-refractivity contribution is 7.92. The predicted molar refractivity (Wildman–Crippen MR) is 130 cm³/mol. The molecule has 0 fully saturated rings. The van der Waals surface area contributed by atoms with Gasteiger partial charge in [-0.15, -0.1) is 0 Å². The largest absolute Gasteiger partial charge is 0.491 e. The van der Waals surface area contributed by atoms with Gasteiger partial charge >= 0.3 is 0 Å². The van der Waals surface area contributed by atoms with E-state index in [2.05, 4.69) is 5.32 Å². The molecule has 0 unspecified atom stereocenters. The van der Waals surface area contributed by atoms with E-state index in [9.17, 15) is 13.2 Å². The average Bonchev–Trinajstić information content (AvgIpc) is 2.86. The van der Waals surface area contributed by atoms with Gasteiger partial charge in [0.1, 0.15) is 18.9 Å². The normalized spacial score (nSPS) is 11.2. The number of ether oxygens (including phenoxy) is 1. The molecule has 4 rings (SSSR count). The van der Waals surface area contributed by atoms with Crippen LogP contribution in [0.15, 0.2) is 108 Å².